The molecule has 0 aliphatic carbocycles. The number of anilines is 1. The standard InChI is InChI=1S/C25H17F3N2O4/c1-15-14-22(31)30(29-15)19-12-8-17(9-13-19)23(32)34-24(33)21-5-3-2-4-20(21)16-6-10-18(11-7-16)25(26,27)28/h2-13H,14H2,1H3. The molecule has 0 saturated heterocycles. The van der Waals surface area contributed by atoms with Crippen molar-refractivity contribution < 1.29 is 32.3 Å². The van der Waals surface area contributed by atoms with Crippen molar-refractivity contribution in [1.29, 1.82) is 0 Å². The van der Waals surface area contributed by atoms with Gasteiger partial charge < -0.3 is 4.74 Å². The summed E-state index contributed by atoms with van der Waals surface area (Å²) in [6.45, 7) is 1.73. The van der Waals surface area contributed by atoms with E-state index < -0.39 is 23.7 Å². The predicted molar refractivity (Wildman–Crippen MR) is 118 cm³/mol. The number of carbonyl (C=O) groups is 3. The lowest BCUT2D eigenvalue weighted by atomic mass is 9.98. The first-order valence-electron chi connectivity index (χ1n) is 10.1. The van der Waals surface area contributed by atoms with Gasteiger partial charge in [-0.1, -0.05) is 30.3 Å². The summed E-state index contributed by atoms with van der Waals surface area (Å²) in [6.07, 6.45) is -4.26. The highest BCUT2D eigenvalue weighted by atomic mass is 19.4. The molecule has 0 bridgehead atoms. The Hall–Kier alpha value is -4.27. The fraction of sp³-hybridized carbons (Fsp3) is 0.120. The molecule has 0 radical (unpaired) electrons. The van der Waals surface area contributed by atoms with Crippen molar-refractivity contribution in [2.24, 2.45) is 5.10 Å². The monoisotopic (exact) mass is 466 g/mol. The molecule has 0 unspecified atom stereocenters. The lowest BCUT2D eigenvalue weighted by Crippen LogP contribution is -2.19. The Morgan fingerprint density at radius 1 is 0.912 bits per heavy atom. The van der Waals surface area contributed by atoms with E-state index in [2.05, 4.69) is 5.10 Å². The molecule has 9 heteroatoms. The Balaban J connectivity index is 1.51. The molecule has 0 fully saturated rings. The topological polar surface area (TPSA) is 76.0 Å². The molecule has 3 aromatic carbocycles. The van der Waals surface area contributed by atoms with Crippen LogP contribution < -0.4 is 5.01 Å². The summed E-state index contributed by atoms with van der Waals surface area (Å²) in [5.41, 5.74) is 1.12. The number of hydrogen-bond acceptors (Lipinski definition) is 5. The number of rotatable bonds is 4. The minimum atomic E-state index is -4.48. The number of esters is 2. The molecule has 0 spiro atoms. The van der Waals surface area contributed by atoms with Gasteiger partial charge in [0.05, 0.1) is 28.8 Å². The molecule has 1 aliphatic rings. The quantitative estimate of drug-likeness (QED) is 0.377. The second-order valence-electron chi connectivity index (χ2n) is 7.56. The fourth-order valence-electron chi connectivity index (χ4n) is 3.45. The van der Waals surface area contributed by atoms with E-state index in [0.717, 1.165) is 12.1 Å². The first kappa shape index (κ1) is 22.9. The highest BCUT2D eigenvalue weighted by molar-refractivity contribution is 6.12. The molecule has 1 heterocycles. The summed E-state index contributed by atoms with van der Waals surface area (Å²) in [7, 11) is 0. The number of nitrogens with zero attached hydrogens (tertiary/aromatic N) is 2. The number of hydrogen-bond donors (Lipinski definition) is 0. The molecule has 3 aromatic rings. The summed E-state index contributed by atoms with van der Waals surface area (Å²) >= 11 is 0. The van der Waals surface area contributed by atoms with Gasteiger partial charge in [0.2, 0.25) is 0 Å². The van der Waals surface area contributed by atoms with Crippen molar-refractivity contribution in [1.82, 2.24) is 0 Å². The van der Waals surface area contributed by atoms with E-state index in [1.165, 1.54) is 47.5 Å². The molecular formula is C25H17F3N2O4. The van der Waals surface area contributed by atoms with Gasteiger partial charge in [-0.2, -0.15) is 18.3 Å². The van der Waals surface area contributed by atoms with Crippen molar-refractivity contribution >= 4 is 29.2 Å². The van der Waals surface area contributed by atoms with Crippen LogP contribution in [-0.4, -0.2) is 23.6 Å². The van der Waals surface area contributed by atoms with Crippen LogP contribution in [0.25, 0.3) is 11.1 Å². The third kappa shape index (κ3) is 4.73. The first-order valence-corrected chi connectivity index (χ1v) is 10.1. The van der Waals surface area contributed by atoms with Crippen LogP contribution >= 0.6 is 0 Å². The number of hydrazone groups is 1. The summed E-state index contributed by atoms with van der Waals surface area (Å²) in [4.78, 5) is 37.2. The van der Waals surface area contributed by atoms with Crippen molar-refractivity contribution in [2.75, 3.05) is 5.01 Å². The van der Waals surface area contributed by atoms with E-state index in [0.29, 0.717) is 22.5 Å². The Kier molecular flexibility index (Phi) is 6.02. The largest absolute Gasteiger partial charge is 0.416 e. The molecule has 0 N–H and O–H groups in total. The van der Waals surface area contributed by atoms with Crippen LogP contribution in [0.5, 0.6) is 0 Å². The van der Waals surface area contributed by atoms with E-state index in [-0.39, 0.29) is 23.5 Å². The van der Waals surface area contributed by atoms with Crippen LogP contribution in [0.15, 0.2) is 77.9 Å². The lowest BCUT2D eigenvalue weighted by molar-refractivity contribution is -0.137. The van der Waals surface area contributed by atoms with Crippen molar-refractivity contribution in [3.63, 3.8) is 0 Å². The van der Waals surface area contributed by atoms with Crippen molar-refractivity contribution in [3.05, 3.63) is 89.5 Å². The molecule has 0 atom stereocenters. The summed E-state index contributed by atoms with van der Waals surface area (Å²) < 4.78 is 43.5. The zero-order chi connectivity index (χ0) is 24.5. The van der Waals surface area contributed by atoms with Crippen LogP contribution in [-0.2, 0) is 15.7 Å². The summed E-state index contributed by atoms with van der Waals surface area (Å²) in [5, 5.41) is 5.36. The normalized spacial score (nSPS) is 13.6. The molecule has 0 saturated carbocycles. The van der Waals surface area contributed by atoms with Crippen LogP contribution in [0, 0.1) is 0 Å². The van der Waals surface area contributed by atoms with E-state index in [1.807, 2.05) is 0 Å². The Bertz CT molecular complexity index is 1300. The molecule has 4 rings (SSSR count). The molecule has 6 nitrogen and oxygen atoms in total. The fourth-order valence-corrected chi connectivity index (χ4v) is 3.45. The van der Waals surface area contributed by atoms with Crippen LogP contribution in [0.4, 0.5) is 18.9 Å². The molecule has 0 aromatic heterocycles. The number of carbonyl (C=O) groups excluding carboxylic acids is 3. The molecular weight excluding hydrogens is 449 g/mol. The van der Waals surface area contributed by atoms with Gasteiger partial charge in [-0.25, -0.2) is 14.6 Å². The molecule has 34 heavy (non-hydrogen) atoms. The highest BCUT2D eigenvalue weighted by Crippen LogP contribution is 2.32. The number of alkyl halides is 3. The maximum Gasteiger partial charge on any atom is 0.416 e. The number of amides is 1. The lowest BCUT2D eigenvalue weighted by Gasteiger charge is -2.12. The van der Waals surface area contributed by atoms with Gasteiger partial charge in [0.25, 0.3) is 5.91 Å². The number of benzene rings is 3. The van der Waals surface area contributed by atoms with Gasteiger partial charge in [-0.05, 0) is 60.5 Å². The van der Waals surface area contributed by atoms with E-state index in [1.54, 1.807) is 25.1 Å². The molecule has 1 amide bonds. The van der Waals surface area contributed by atoms with Gasteiger partial charge in [-0.15, -0.1) is 0 Å². The Morgan fingerprint density at radius 3 is 2.15 bits per heavy atom. The SMILES string of the molecule is CC1=NN(c2ccc(C(=O)OC(=O)c3ccccc3-c3ccc(C(F)(F)F)cc3)cc2)C(=O)C1. The van der Waals surface area contributed by atoms with Gasteiger partial charge in [-0.3, -0.25) is 4.79 Å². The average molecular weight is 466 g/mol. The molecule has 1 aliphatic heterocycles. The van der Waals surface area contributed by atoms with Crippen molar-refractivity contribution in [2.45, 2.75) is 19.5 Å². The maximum absolute atomic E-state index is 12.8. The summed E-state index contributed by atoms with van der Waals surface area (Å²) in [5.74, 6) is -2.05. The van der Waals surface area contributed by atoms with Gasteiger partial charge >= 0.3 is 18.1 Å². The second kappa shape index (κ2) is 8.93. The van der Waals surface area contributed by atoms with Crippen LogP contribution in [0.2, 0.25) is 0 Å². The average Bonchev–Trinajstić information content (AvgIpc) is 3.16. The second-order valence-corrected chi connectivity index (χ2v) is 7.56. The maximum atomic E-state index is 12.8. The van der Waals surface area contributed by atoms with E-state index >= 15 is 0 Å². The van der Waals surface area contributed by atoms with Crippen molar-refractivity contribution in [3.8, 4) is 11.1 Å². The summed E-state index contributed by atoms with van der Waals surface area (Å²) in [6, 6.07) is 16.3. The minimum absolute atomic E-state index is 0.0275. The van der Waals surface area contributed by atoms with E-state index in [4.69, 9.17) is 4.74 Å². The third-order valence-electron chi connectivity index (χ3n) is 5.12. The predicted octanol–water partition coefficient (Wildman–Crippen LogP) is 5.48. The molecule has 172 valence electrons. The number of ether oxygens (including phenoxy) is 1. The van der Waals surface area contributed by atoms with Crippen LogP contribution in [0.1, 0.15) is 39.6 Å². The number of halogens is 3. The van der Waals surface area contributed by atoms with Gasteiger partial charge in [0.15, 0.2) is 0 Å². The first-order chi connectivity index (χ1) is 16.1. The van der Waals surface area contributed by atoms with E-state index in [9.17, 15) is 27.6 Å². The third-order valence-corrected chi connectivity index (χ3v) is 5.12. The smallest absolute Gasteiger partial charge is 0.386 e. The highest BCUT2D eigenvalue weighted by Gasteiger charge is 2.30. The zero-order valence-corrected chi connectivity index (χ0v) is 17.8. The Labute approximate surface area is 192 Å². The van der Waals surface area contributed by atoms with Crippen LogP contribution in [0.3, 0.4) is 0 Å². The zero-order valence-electron chi connectivity index (χ0n) is 17.8. The Morgan fingerprint density at radius 2 is 1.56 bits per heavy atom. The van der Waals surface area contributed by atoms with Gasteiger partial charge in [0.1, 0.15) is 0 Å². The van der Waals surface area contributed by atoms with Gasteiger partial charge in [0, 0.05) is 5.71 Å². The minimum Gasteiger partial charge on any atom is -0.386 e.